The number of rotatable bonds is 7. The van der Waals surface area contributed by atoms with Crippen LogP contribution in [-0.2, 0) is 20.1 Å². The van der Waals surface area contributed by atoms with E-state index in [1.165, 1.54) is 44.8 Å². The van der Waals surface area contributed by atoms with Crippen LogP contribution >= 0.6 is 0 Å². The number of hydrogen-bond acceptors (Lipinski definition) is 3. The number of nitrogens with zero attached hydrogens (tertiary/aromatic N) is 4. The van der Waals surface area contributed by atoms with Crippen molar-refractivity contribution in [3.8, 4) is 39.9 Å². The van der Waals surface area contributed by atoms with Crippen LogP contribution in [0.4, 0.5) is 0 Å². The zero-order valence-electron chi connectivity index (χ0n) is 27.6. The number of imidazole rings is 2. The molecule has 6 rings (SSSR count). The molecule has 5 nitrogen and oxygen atoms in total. The fourth-order valence-corrected chi connectivity index (χ4v) is 5.85. The molecule has 0 unspecified atom stereocenters. The fourth-order valence-electron chi connectivity index (χ4n) is 5.85. The van der Waals surface area contributed by atoms with Gasteiger partial charge in [-0.2, -0.15) is 0 Å². The molecule has 2 heterocycles. The molecule has 0 bridgehead atoms. The molecule has 6 heteroatoms. The van der Waals surface area contributed by atoms with Crippen molar-refractivity contribution in [3.05, 3.63) is 149 Å². The summed E-state index contributed by atoms with van der Waals surface area (Å²) in [6, 6.07) is 29.1. The van der Waals surface area contributed by atoms with Gasteiger partial charge in [0, 0.05) is 62.0 Å². The van der Waals surface area contributed by atoms with Crippen molar-refractivity contribution in [2.24, 2.45) is 0 Å². The van der Waals surface area contributed by atoms with Gasteiger partial charge in [-0.25, -0.2) is 0 Å². The van der Waals surface area contributed by atoms with Gasteiger partial charge < -0.3 is 13.9 Å². The largest absolute Gasteiger partial charge is 0.532 e. The molecule has 6 aromatic rings. The summed E-state index contributed by atoms with van der Waals surface area (Å²) in [7, 11) is 0. The summed E-state index contributed by atoms with van der Waals surface area (Å²) in [6.07, 6.45) is 7.68. The molecule has 2 aromatic heterocycles. The maximum absolute atomic E-state index is 5.65. The third-order valence-electron chi connectivity index (χ3n) is 7.49. The topological polar surface area (TPSA) is 44.9 Å². The van der Waals surface area contributed by atoms with Crippen molar-refractivity contribution in [2.45, 2.75) is 48.5 Å². The van der Waals surface area contributed by atoms with Gasteiger partial charge in [-0.3, -0.25) is 9.97 Å². The van der Waals surface area contributed by atoms with E-state index in [-0.39, 0.29) is 20.1 Å². The van der Waals surface area contributed by atoms with E-state index in [0.29, 0.717) is 6.61 Å². The Bertz CT molecular complexity index is 1890. The molecule has 0 aliphatic rings. The van der Waals surface area contributed by atoms with Crippen LogP contribution in [0, 0.1) is 53.7 Å². The zero-order chi connectivity index (χ0) is 32.1. The Kier molecular flexibility index (Phi) is 11.3. The van der Waals surface area contributed by atoms with E-state index < -0.39 is 0 Å². The molecule has 1 radical (unpaired) electrons. The van der Waals surface area contributed by atoms with Gasteiger partial charge in [-0.05, 0) is 76.3 Å². The van der Waals surface area contributed by atoms with E-state index in [4.69, 9.17) is 4.74 Å². The smallest absolute Gasteiger partial charge is 0.0961 e. The quantitative estimate of drug-likeness (QED) is 0.120. The second kappa shape index (κ2) is 15.2. The van der Waals surface area contributed by atoms with Crippen LogP contribution in [0.15, 0.2) is 104 Å². The molecular formula is C40H40IrN4O-2. The normalized spacial score (nSPS) is 10.5. The van der Waals surface area contributed by atoms with Crippen LogP contribution in [0.25, 0.3) is 34.2 Å². The third kappa shape index (κ3) is 7.82. The molecule has 0 saturated heterocycles. The summed E-state index contributed by atoms with van der Waals surface area (Å²) in [5, 5.41) is 0. The molecule has 0 N–H and O–H groups in total. The molecular weight excluding hydrogens is 745 g/mol. The Morgan fingerprint density at radius 3 is 1.63 bits per heavy atom. The maximum Gasteiger partial charge on any atom is 0.0961 e. The molecule has 0 amide bonds. The second-order valence-corrected chi connectivity index (χ2v) is 11.7. The molecule has 0 saturated carbocycles. The minimum Gasteiger partial charge on any atom is -0.532 e. The predicted molar refractivity (Wildman–Crippen MR) is 184 cm³/mol. The average molecular weight is 785 g/mol. The Balaban J connectivity index is 0.000000209. The zero-order valence-corrected chi connectivity index (χ0v) is 30.0. The van der Waals surface area contributed by atoms with Gasteiger partial charge in [0.1, 0.15) is 0 Å². The van der Waals surface area contributed by atoms with Gasteiger partial charge >= 0.3 is 0 Å². The SMILES string of the molecule is C=C(C)COc1c[c-]c(-c2nccn2-c2c(C)cc(C)cc2C)cc1.Cc1cc(C)c(-n2ccnc2-c2[c-]cccc2)c(C)c1.[Ir]. The van der Waals surface area contributed by atoms with Crippen LogP contribution in [0.2, 0.25) is 0 Å². The first-order valence-corrected chi connectivity index (χ1v) is 15.1. The summed E-state index contributed by atoms with van der Waals surface area (Å²) >= 11 is 0. The minimum absolute atomic E-state index is 0. The van der Waals surface area contributed by atoms with Crippen LogP contribution in [0.5, 0.6) is 5.75 Å². The molecule has 0 aliphatic carbocycles. The van der Waals surface area contributed by atoms with Crippen molar-refractivity contribution in [3.63, 3.8) is 0 Å². The van der Waals surface area contributed by atoms with Crippen LogP contribution < -0.4 is 4.74 Å². The maximum atomic E-state index is 5.65. The van der Waals surface area contributed by atoms with Crippen molar-refractivity contribution in [1.29, 1.82) is 0 Å². The van der Waals surface area contributed by atoms with E-state index in [1.807, 2.05) is 74.2 Å². The summed E-state index contributed by atoms with van der Waals surface area (Å²) < 4.78 is 9.93. The van der Waals surface area contributed by atoms with Crippen LogP contribution in [-0.4, -0.2) is 25.7 Å². The standard InChI is InChI=1S/C22H23N2O.C18H17N2.Ir/c1-15(2)14-25-20-8-6-19(7-9-20)22-23-10-11-24(22)21-17(4)12-16(3)13-18(21)5;1-13-11-14(2)17(15(3)12-13)20-10-9-19-18(20)16-7-5-4-6-8-16;/h6,8-13H,1,14H2,2-5H3;4-7,9-12H,1-3H3;/q2*-1;. The Hall–Kier alpha value is -4.51. The number of benzene rings is 4. The van der Waals surface area contributed by atoms with E-state index >= 15 is 0 Å². The van der Waals surface area contributed by atoms with Gasteiger partial charge in [0.25, 0.3) is 0 Å². The van der Waals surface area contributed by atoms with Crippen molar-refractivity contribution in [2.75, 3.05) is 6.61 Å². The number of ether oxygens (including phenoxy) is 1. The Morgan fingerprint density at radius 1 is 0.717 bits per heavy atom. The summed E-state index contributed by atoms with van der Waals surface area (Å²) in [4.78, 5) is 9.05. The van der Waals surface area contributed by atoms with E-state index in [2.05, 4.69) is 104 Å². The van der Waals surface area contributed by atoms with Gasteiger partial charge in [-0.15, -0.1) is 65.7 Å². The van der Waals surface area contributed by atoms with E-state index in [1.54, 1.807) is 0 Å². The fraction of sp³-hybridized carbons (Fsp3) is 0.200. The summed E-state index contributed by atoms with van der Waals surface area (Å²) in [5.74, 6) is 2.59. The molecule has 0 fully saturated rings. The van der Waals surface area contributed by atoms with Gasteiger partial charge in [-0.1, -0.05) is 42.0 Å². The second-order valence-electron chi connectivity index (χ2n) is 11.7. The first-order chi connectivity index (χ1) is 21.6. The average Bonchev–Trinajstić information content (AvgIpc) is 3.67. The minimum atomic E-state index is 0. The molecule has 0 spiro atoms. The number of aryl methyl sites for hydroxylation is 6. The summed E-state index contributed by atoms with van der Waals surface area (Å²) in [5.41, 5.74) is 12.9. The Morgan fingerprint density at radius 2 is 1.22 bits per heavy atom. The van der Waals surface area contributed by atoms with Gasteiger partial charge in [0.2, 0.25) is 0 Å². The number of hydrogen-bond donors (Lipinski definition) is 0. The predicted octanol–water partition coefficient (Wildman–Crippen LogP) is 9.48. The first-order valence-electron chi connectivity index (χ1n) is 15.1. The van der Waals surface area contributed by atoms with Gasteiger partial charge in [0.05, 0.1) is 18.3 Å². The molecule has 0 atom stereocenters. The van der Waals surface area contributed by atoms with Crippen LogP contribution in [0.3, 0.4) is 0 Å². The molecule has 237 valence electrons. The van der Waals surface area contributed by atoms with Crippen molar-refractivity contribution in [1.82, 2.24) is 19.1 Å². The first kappa shape index (κ1) is 34.4. The Labute approximate surface area is 287 Å². The van der Waals surface area contributed by atoms with E-state index in [0.717, 1.165) is 34.1 Å². The monoisotopic (exact) mass is 785 g/mol. The van der Waals surface area contributed by atoms with Crippen molar-refractivity contribution < 1.29 is 24.8 Å². The number of aromatic nitrogens is 4. The van der Waals surface area contributed by atoms with Crippen molar-refractivity contribution >= 4 is 0 Å². The van der Waals surface area contributed by atoms with E-state index in [9.17, 15) is 0 Å². The third-order valence-corrected chi connectivity index (χ3v) is 7.49. The molecule has 0 aliphatic heterocycles. The molecule has 46 heavy (non-hydrogen) atoms. The summed E-state index contributed by atoms with van der Waals surface area (Å²) in [6.45, 7) is 19.1. The molecule has 4 aromatic carbocycles. The van der Waals surface area contributed by atoms with Gasteiger partial charge in [0.15, 0.2) is 0 Å². The van der Waals surface area contributed by atoms with Crippen LogP contribution in [0.1, 0.15) is 40.3 Å².